The molecule has 4 rings (SSSR count). The Morgan fingerprint density at radius 3 is 2.59 bits per heavy atom. The van der Waals surface area contributed by atoms with Gasteiger partial charge in [-0.25, -0.2) is 14.8 Å². The summed E-state index contributed by atoms with van der Waals surface area (Å²) in [5, 5.41) is 13.1. The van der Waals surface area contributed by atoms with Gasteiger partial charge in [-0.15, -0.1) is 0 Å². The van der Waals surface area contributed by atoms with E-state index in [9.17, 15) is 9.90 Å². The Morgan fingerprint density at radius 2 is 1.88 bits per heavy atom. The van der Waals surface area contributed by atoms with Crippen molar-refractivity contribution in [1.29, 1.82) is 0 Å². The van der Waals surface area contributed by atoms with Crippen LogP contribution in [0.5, 0.6) is 17.2 Å². The van der Waals surface area contributed by atoms with Crippen LogP contribution in [0.25, 0.3) is 10.9 Å². The zero-order chi connectivity index (χ0) is 22.7. The summed E-state index contributed by atoms with van der Waals surface area (Å²) in [5.41, 5.74) is 3.27. The summed E-state index contributed by atoms with van der Waals surface area (Å²) in [6, 6.07) is 14.7. The van der Waals surface area contributed by atoms with Crippen LogP contribution in [0, 0.1) is 13.8 Å². The molecule has 0 amide bonds. The topological polar surface area (TPSA) is 106 Å². The minimum Gasteiger partial charge on any atom is -0.479 e. The molecule has 2 aromatic carbocycles. The van der Waals surface area contributed by atoms with Crippen molar-refractivity contribution in [1.82, 2.24) is 15.0 Å². The summed E-state index contributed by atoms with van der Waals surface area (Å²) in [6.45, 7) is 5.35. The number of carboxylic acid groups (broad SMARTS) is 1. The third-order valence-electron chi connectivity index (χ3n) is 4.83. The van der Waals surface area contributed by atoms with Crippen LogP contribution in [0.15, 0.2) is 61.1 Å². The molecule has 0 aliphatic heterocycles. The van der Waals surface area contributed by atoms with Gasteiger partial charge in [0.2, 0.25) is 0 Å². The van der Waals surface area contributed by atoms with E-state index < -0.39 is 12.1 Å². The number of benzene rings is 2. The minimum absolute atomic E-state index is 0.393. The normalized spacial score (nSPS) is 11.7. The van der Waals surface area contributed by atoms with E-state index in [1.165, 1.54) is 13.3 Å². The Labute approximate surface area is 184 Å². The smallest absolute Gasteiger partial charge is 0.344 e. The Hall–Kier alpha value is -4.20. The maximum absolute atomic E-state index is 11.2. The maximum atomic E-state index is 11.2. The highest BCUT2D eigenvalue weighted by Crippen LogP contribution is 2.33. The number of rotatable bonds is 7. The molecule has 0 spiro atoms. The molecule has 8 nitrogen and oxygen atoms in total. The van der Waals surface area contributed by atoms with Crippen molar-refractivity contribution < 1.29 is 19.4 Å². The molecule has 0 fully saturated rings. The lowest BCUT2D eigenvalue weighted by Gasteiger charge is -2.16. The van der Waals surface area contributed by atoms with Crippen LogP contribution >= 0.6 is 0 Å². The Kier molecular flexibility index (Phi) is 5.85. The third-order valence-corrected chi connectivity index (χ3v) is 4.83. The van der Waals surface area contributed by atoms with Gasteiger partial charge in [0.05, 0.1) is 17.1 Å². The summed E-state index contributed by atoms with van der Waals surface area (Å²) < 4.78 is 11.6. The van der Waals surface area contributed by atoms with E-state index in [1.807, 2.05) is 50.2 Å². The van der Waals surface area contributed by atoms with E-state index in [2.05, 4.69) is 20.3 Å². The average Bonchev–Trinajstić information content (AvgIpc) is 2.77. The number of aryl methyl sites for hydroxylation is 2. The highest BCUT2D eigenvalue weighted by molar-refractivity contribution is 5.96. The van der Waals surface area contributed by atoms with E-state index >= 15 is 0 Å². The number of carboxylic acids is 1. The number of fused-ring (bicyclic) bond motifs is 1. The predicted octanol–water partition coefficient (Wildman–Crippen LogP) is 5.03. The standard InChI is InChI=1S/C24H22N4O4/c1-14-11-17(8-10-20(14)32-18-9-7-15(2)25-12-18)28-23-22-19(26-13-27-23)5-4-6-21(22)31-16(3)24(29)30/h4-13,16H,1-3H3,(H,29,30)(H,26,27,28)/t16-/m0/s1. The number of aliphatic carboxylic acids is 1. The van der Waals surface area contributed by atoms with E-state index in [0.29, 0.717) is 34.0 Å². The number of hydrogen-bond acceptors (Lipinski definition) is 7. The fourth-order valence-electron chi connectivity index (χ4n) is 3.13. The summed E-state index contributed by atoms with van der Waals surface area (Å²) in [6.07, 6.45) is 2.13. The summed E-state index contributed by atoms with van der Waals surface area (Å²) in [7, 11) is 0. The van der Waals surface area contributed by atoms with Gasteiger partial charge in [0.1, 0.15) is 29.4 Å². The third kappa shape index (κ3) is 4.59. The van der Waals surface area contributed by atoms with Crippen LogP contribution in [0.4, 0.5) is 11.5 Å². The zero-order valence-electron chi connectivity index (χ0n) is 17.9. The van der Waals surface area contributed by atoms with Crippen LogP contribution in [-0.4, -0.2) is 32.1 Å². The molecule has 162 valence electrons. The Bertz CT molecular complexity index is 1270. The second-order valence-corrected chi connectivity index (χ2v) is 7.31. The van der Waals surface area contributed by atoms with Gasteiger partial charge in [0, 0.05) is 11.4 Å². The molecule has 2 aromatic heterocycles. The molecule has 4 aromatic rings. The minimum atomic E-state index is -1.05. The van der Waals surface area contributed by atoms with Crippen molar-refractivity contribution in [2.75, 3.05) is 5.32 Å². The fourth-order valence-corrected chi connectivity index (χ4v) is 3.13. The monoisotopic (exact) mass is 430 g/mol. The number of nitrogens with one attached hydrogen (secondary N) is 1. The van der Waals surface area contributed by atoms with Gasteiger partial charge in [-0.3, -0.25) is 4.98 Å². The number of hydrogen-bond donors (Lipinski definition) is 2. The lowest BCUT2D eigenvalue weighted by molar-refractivity contribution is -0.144. The molecule has 1 atom stereocenters. The molecule has 8 heteroatoms. The number of nitrogens with zero attached hydrogens (tertiary/aromatic N) is 3. The first-order valence-electron chi connectivity index (χ1n) is 10.0. The second-order valence-electron chi connectivity index (χ2n) is 7.31. The first-order valence-corrected chi connectivity index (χ1v) is 10.0. The number of aromatic nitrogens is 3. The predicted molar refractivity (Wildman–Crippen MR) is 121 cm³/mol. The van der Waals surface area contributed by atoms with Crippen LogP contribution in [0.3, 0.4) is 0 Å². The Morgan fingerprint density at radius 1 is 1.03 bits per heavy atom. The number of anilines is 2. The van der Waals surface area contributed by atoms with E-state index in [0.717, 1.165) is 16.9 Å². The van der Waals surface area contributed by atoms with Crippen molar-refractivity contribution in [3.05, 3.63) is 72.3 Å². The molecular formula is C24H22N4O4. The van der Waals surface area contributed by atoms with E-state index in [4.69, 9.17) is 9.47 Å². The maximum Gasteiger partial charge on any atom is 0.344 e. The molecule has 0 saturated carbocycles. The lowest BCUT2D eigenvalue weighted by atomic mass is 10.1. The van der Waals surface area contributed by atoms with Crippen molar-refractivity contribution >= 4 is 28.4 Å². The number of ether oxygens (including phenoxy) is 2. The van der Waals surface area contributed by atoms with Crippen molar-refractivity contribution in [3.63, 3.8) is 0 Å². The lowest BCUT2D eigenvalue weighted by Crippen LogP contribution is -2.23. The van der Waals surface area contributed by atoms with Crippen molar-refractivity contribution in [2.24, 2.45) is 0 Å². The molecule has 2 heterocycles. The first-order chi connectivity index (χ1) is 15.4. The van der Waals surface area contributed by atoms with Crippen LogP contribution < -0.4 is 14.8 Å². The van der Waals surface area contributed by atoms with Crippen LogP contribution in [0.1, 0.15) is 18.2 Å². The number of carbonyl (C=O) groups is 1. The summed E-state index contributed by atoms with van der Waals surface area (Å²) in [5.74, 6) is 1.23. The summed E-state index contributed by atoms with van der Waals surface area (Å²) in [4.78, 5) is 24.1. The van der Waals surface area contributed by atoms with Gasteiger partial charge in [-0.1, -0.05) is 6.07 Å². The van der Waals surface area contributed by atoms with E-state index in [-0.39, 0.29) is 0 Å². The molecule has 32 heavy (non-hydrogen) atoms. The fraction of sp³-hybridized carbons (Fsp3) is 0.167. The van der Waals surface area contributed by atoms with Gasteiger partial charge >= 0.3 is 5.97 Å². The molecule has 0 aliphatic carbocycles. The molecular weight excluding hydrogens is 408 g/mol. The van der Waals surface area contributed by atoms with Crippen molar-refractivity contribution in [3.8, 4) is 17.2 Å². The molecule has 0 unspecified atom stereocenters. The average molecular weight is 430 g/mol. The quantitative estimate of drug-likeness (QED) is 0.420. The second kappa shape index (κ2) is 8.89. The van der Waals surface area contributed by atoms with Gasteiger partial charge in [0.15, 0.2) is 6.10 Å². The molecule has 0 aliphatic rings. The SMILES string of the molecule is Cc1ccc(Oc2ccc(Nc3ncnc4cccc(O[C@@H](C)C(=O)O)c34)cc2C)cn1. The van der Waals surface area contributed by atoms with Gasteiger partial charge in [-0.2, -0.15) is 0 Å². The summed E-state index contributed by atoms with van der Waals surface area (Å²) >= 11 is 0. The molecule has 2 N–H and O–H groups in total. The Balaban J connectivity index is 1.62. The van der Waals surface area contributed by atoms with Gasteiger partial charge < -0.3 is 19.9 Å². The highest BCUT2D eigenvalue weighted by atomic mass is 16.5. The number of pyridine rings is 1. The first kappa shape index (κ1) is 21.0. The van der Waals surface area contributed by atoms with Gasteiger partial charge in [0.25, 0.3) is 0 Å². The largest absolute Gasteiger partial charge is 0.479 e. The highest BCUT2D eigenvalue weighted by Gasteiger charge is 2.17. The van der Waals surface area contributed by atoms with Crippen molar-refractivity contribution in [2.45, 2.75) is 26.9 Å². The van der Waals surface area contributed by atoms with E-state index in [1.54, 1.807) is 18.3 Å². The van der Waals surface area contributed by atoms with Crippen LogP contribution in [0.2, 0.25) is 0 Å². The molecule has 0 saturated heterocycles. The molecule has 0 radical (unpaired) electrons. The molecule has 0 bridgehead atoms. The van der Waals surface area contributed by atoms with Gasteiger partial charge in [-0.05, 0) is 68.8 Å². The zero-order valence-corrected chi connectivity index (χ0v) is 17.9. The van der Waals surface area contributed by atoms with Crippen LogP contribution in [-0.2, 0) is 4.79 Å².